The van der Waals surface area contributed by atoms with Crippen molar-refractivity contribution in [1.82, 2.24) is 20.2 Å². The Morgan fingerprint density at radius 2 is 2.21 bits per heavy atom. The molecule has 0 amide bonds. The van der Waals surface area contributed by atoms with Crippen LogP contribution < -0.4 is 10.6 Å². The summed E-state index contributed by atoms with van der Waals surface area (Å²) in [4.78, 5) is 9.00. The van der Waals surface area contributed by atoms with Crippen LogP contribution in [-0.4, -0.2) is 28.6 Å². The van der Waals surface area contributed by atoms with Crippen LogP contribution in [0.5, 0.6) is 0 Å². The van der Waals surface area contributed by atoms with Gasteiger partial charge in [0.2, 0.25) is 0 Å². The Bertz CT molecular complexity index is 590. The van der Waals surface area contributed by atoms with E-state index in [0.717, 1.165) is 42.3 Å². The van der Waals surface area contributed by atoms with Crippen LogP contribution in [0.25, 0.3) is 11.0 Å². The Hall–Kier alpha value is -1.31. The van der Waals surface area contributed by atoms with Gasteiger partial charge in [-0.25, -0.2) is 4.98 Å². The van der Waals surface area contributed by atoms with Gasteiger partial charge in [0.15, 0.2) is 5.96 Å². The first-order chi connectivity index (χ1) is 8.84. The lowest BCUT2D eigenvalue weighted by molar-refractivity contribution is 0.683. The van der Waals surface area contributed by atoms with Crippen molar-refractivity contribution in [1.29, 1.82) is 0 Å². The molecule has 2 aromatic rings. The monoisotopic (exact) mass is 371 g/mol. The zero-order valence-corrected chi connectivity index (χ0v) is 13.2. The molecule has 1 aromatic carbocycles. The largest absolute Gasteiger partial charge is 0.356 e. The quantitative estimate of drug-likeness (QED) is 0.790. The van der Waals surface area contributed by atoms with Gasteiger partial charge in [0.25, 0.3) is 0 Å². The number of aromatic nitrogens is 2. The summed E-state index contributed by atoms with van der Waals surface area (Å²) in [5, 5.41) is 6.54. The summed E-state index contributed by atoms with van der Waals surface area (Å²) in [6.07, 6.45) is 1.11. The molecule has 0 atom stereocenters. The molecule has 19 heavy (non-hydrogen) atoms. The van der Waals surface area contributed by atoms with Crippen molar-refractivity contribution in [2.75, 3.05) is 13.1 Å². The number of aryl methyl sites for hydroxylation is 1. The van der Waals surface area contributed by atoms with E-state index in [-0.39, 0.29) is 24.0 Å². The summed E-state index contributed by atoms with van der Waals surface area (Å²) in [5.41, 5.74) is 2.20. The van der Waals surface area contributed by atoms with E-state index in [1.54, 1.807) is 0 Å². The van der Waals surface area contributed by atoms with Gasteiger partial charge in [0, 0.05) is 20.1 Å². The third-order valence-electron chi connectivity index (χ3n) is 3.19. The SMILES string of the molecule is Cn1c(CNC2=NCCCN2)nc2ccccc21.I. The van der Waals surface area contributed by atoms with Crippen molar-refractivity contribution >= 4 is 41.0 Å². The summed E-state index contributed by atoms with van der Waals surface area (Å²) in [6.45, 7) is 2.59. The van der Waals surface area contributed by atoms with E-state index in [0.29, 0.717) is 6.54 Å². The van der Waals surface area contributed by atoms with Crippen molar-refractivity contribution in [3.8, 4) is 0 Å². The summed E-state index contributed by atoms with van der Waals surface area (Å²) in [6, 6.07) is 8.17. The lowest BCUT2D eigenvalue weighted by Gasteiger charge is -2.15. The first-order valence-electron chi connectivity index (χ1n) is 6.27. The Labute approximate surface area is 129 Å². The number of fused-ring (bicyclic) bond motifs is 1. The minimum absolute atomic E-state index is 0. The van der Waals surface area contributed by atoms with Crippen LogP contribution >= 0.6 is 24.0 Å². The van der Waals surface area contributed by atoms with E-state index >= 15 is 0 Å². The lowest BCUT2D eigenvalue weighted by Crippen LogP contribution is -2.40. The van der Waals surface area contributed by atoms with Crippen LogP contribution in [0.1, 0.15) is 12.2 Å². The number of hydrogen-bond donors (Lipinski definition) is 2. The van der Waals surface area contributed by atoms with Gasteiger partial charge in [-0.05, 0) is 18.6 Å². The summed E-state index contributed by atoms with van der Waals surface area (Å²) in [5.74, 6) is 1.90. The van der Waals surface area contributed by atoms with Crippen molar-refractivity contribution in [2.45, 2.75) is 13.0 Å². The number of para-hydroxylation sites is 2. The third kappa shape index (κ3) is 2.99. The number of benzene rings is 1. The molecule has 0 unspecified atom stereocenters. The van der Waals surface area contributed by atoms with Crippen molar-refractivity contribution < 1.29 is 0 Å². The first-order valence-corrected chi connectivity index (χ1v) is 6.27. The highest BCUT2D eigenvalue weighted by Gasteiger charge is 2.08. The highest BCUT2D eigenvalue weighted by Crippen LogP contribution is 2.13. The van der Waals surface area contributed by atoms with Gasteiger partial charge >= 0.3 is 0 Å². The smallest absolute Gasteiger partial charge is 0.191 e. The molecule has 0 bridgehead atoms. The highest BCUT2D eigenvalue weighted by molar-refractivity contribution is 14.0. The first kappa shape index (κ1) is 14.1. The number of imidazole rings is 1. The van der Waals surface area contributed by atoms with Gasteiger partial charge in [0.05, 0.1) is 17.6 Å². The van der Waals surface area contributed by atoms with Crippen LogP contribution in [0, 0.1) is 0 Å². The van der Waals surface area contributed by atoms with Crippen molar-refractivity contribution in [2.24, 2.45) is 12.0 Å². The Morgan fingerprint density at radius 3 is 2.95 bits per heavy atom. The van der Waals surface area contributed by atoms with E-state index in [1.165, 1.54) is 0 Å². The van der Waals surface area contributed by atoms with E-state index in [1.807, 2.05) is 25.2 Å². The van der Waals surface area contributed by atoms with E-state index in [9.17, 15) is 0 Å². The predicted octanol–water partition coefficient (Wildman–Crippen LogP) is 1.63. The van der Waals surface area contributed by atoms with Gasteiger partial charge in [-0.3, -0.25) is 4.99 Å². The summed E-state index contributed by atoms with van der Waals surface area (Å²) in [7, 11) is 2.04. The topological polar surface area (TPSA) is 54.2 Å². The molecule has 6 heteroatoms. The molecule has 0 spiro atoms. The van der Waals surface area contributed by atoms with Crippen LogP contribution in [-0.2, 0) is 13.6 Å². The molecule has 2 heterocycles. The van der Waals surface area contributed by atoms with Gasteiger partial charge in [-0.2, -0.15) is 0 Å². The molecule has 0 saturated carbocycles. The molecule has 1 aliphatic rings. The molecular formula is C13H18IN5. The van der Waals surface area contributed by atoms with Crippen LogP contribution in [0.2, 0.25) is 0 Å². The summed E-state index contributed by atoms with van der Waals surface area (Å²) < 4.78 is 2.12. The number of aliphatic imine (C=N–C) groups is 1. The maximum atomic E-state index is 4.61. The molecule has 1 aliphatic heterocycles. The van der Waals surface area contributed by atoms with Crippen molar-refractivity contribution in [3.63, 3.8) is 0 Å². The number of hydrogen-bond acceptors (Lipinski definition) is 4. The minimum Gasteiger partial charge on any atom is -0.356 e. The molecule has 1 aromatic heterocycles. The molecule has 2 N–H and O–H groups in total. The average Bonchev–Trinajstić information content (AvgIpc) is 2.75. The Balaban J connectivity index is 0.00000133. The lowest BCUT2D eigenvalue weighted by atomic mass is 10.3. The standard InChI is InChI=1S/C13H17N5.HI/c1-18-11-6-3-2-5-10(11)17-12(18)9-16-13-14-7-4-8-15-13;/h2-3,5-6H,4,7-9H2,1H3,(H2,14,15,16);1H. The molecule has 0 fully saturated rings. The normalized spacial score (nSPS) is 14.5. The Morgan fingerprint density at radius 1 is 1.37 bits per heavy atom. The number of rotatable bonds is 2. The Kier molecular flexibility index (Phi) is 4.62. The van der Waals surface area contributed by atoms with Crippen LogP contribution in [0.3, 0.4) is 0 Å². The molecule has 5 nitrogen and oxygen atoms in total. The second kappa shape index (κ2) is 6.23. The second-order valence-electron chi connectivity index (χ2n) is 4.44. The number of nitrogens with zero attached hydrogens (tertiary/aromatic N) is 3. The highest BCUT2D eigenvalue weighted by atomic mass is 127. The van der Waals surface area contributed by atoms with Gasteiger partial charge in [-0.15, -0.1) is 24.0 Å². The maximum Gasteiger partial charge on any atom is 0.191 e. The van der Waals surface area contributed by atoms with Gasteiger partial charge in [-0.1, -0.05) is 12.1 Å². The van der Waals surface area contributed by atoms with Crippen molar-refractivity contribution in [3.05, 3.63) is 30.1 Å². The zero-order valence-electron chi connectivity index (χ0n) is 10.9. The predicted molar refractivity (Wildman–Crippen MR) is 87.9 cm³/mol. The van der Waals surface area contributed by atoms with E-state index in [4.69, 9.17) is 0 Å². The maximum absolute atomic E-state index is 4.61. The average molecular weight is 371 g/mol. The van der Waals surface area contributed by atoms with Gasteiger partial charge in [0.1, 0.15) is 5.82 Å². The minimum atomic E-state index is 0. The molecule has 3 rings (SSSR count). The van der Waals surface area contributed by atoms with Crippen LogP contribution in [0.4, 0.5) is 0 Å². The molecule has 102 valence electrons. The van der Waals surface area contributed by atoms with E-state index < -0.39 is 0 Å². The molecule has 0 saturated heterocycles. The fourth-order valence-electron chi connectivity index (χ4n) is 2.17. The molecular weight excluding hydrogens is 353 g/mol. The summed E-state index contributed by atoms with van der Waals surface area (Å²) >= 11 is 0. The van der Waals surface area contributed by atoms with Crippen LogP contribution in [0.15, 0.2) is 29.3 Å². The number of guanidine groups is 1. The third-order valence-corrected chi connectivity index (χ3v) is 3.19. The number of halogens is 1. The fraction of sp³-hybridized carbons (Fsp3) is 0.385. The zero-order chi connectivity index (χ0) is 12.4. The molecule has 0 aliphatic carbocycles. The number of nitrogens with one attached hydrogen (secondary N) is 2. The fourth-order valence-corrected chi connectivity index (χ4v) is 2.17. The van der Waals surface area contributed by atoms with E-state index in [2.05, 4.69) is 31.2 Å². The molecule has 0 radical (unpaired) electrons. The second-order valence-corrected chi connectivity index (χ2v) is 4.44. The van der Waals surface area contributed by atoms with Gasteiger partial charge < -0.3 is 15.2 Å².